The minimum Gasteiger partial charge on any atom is -0.271 e. The SMILES string of the molecule is c1ccc(C2=NCN3C[C@@]23c2ccccc2)cc1. The molecule has 0 N–H and O–H groups in total. The molecule has 2 aliphatic rings. The summed E-state index contributed by atoms with van der Waals surface area (Å²) >= 11 is 0. The van der Waals surface area contributed by atoms with Crippen molar-refractivity contribution in [3.63, 3.8) is 0 Å². The van der Waals surface area contributed by atoms with Gasteiger partial charge in [-0.2, -0.15) is 0 Å². The summed E-state index contributed by atoms with van der Waals surface area (Å²) in [5.74, 6) is 0. The number of hydrogen-bond acceptors (Lipinski definition) is 2. The number of fused-ring (bicyclic) bond motifs is 1. The van der Waals surface area contributed by atoms with Crippen LogP contribution in [-0.4, -0.2) is 23.8 Å². The molecule has 1 unspecified atom stereocenters. The highest BCUT2D eigenvalue weighted by atomic mass is 15.4. The smallest absolute Gasteiger partial charge is 0.104 e. The molecule has 1 fully saturated rings. The molecule has 2 atom stereocenters. The van der Waals surface area contributed by atoms with Gasteiger partial charge >= 0.3 is 0 Å². The van der Waals surface area contributed by atoms with E-state index in [1.165, 1.54) is 16.8 Å². The zero-order valence-electron chi connectivity index (χ0n) is 10.1. The average molecular weight is 234 g/mol. The Bertz CT molecular complexity index is 604. The molecule has 0 saturated carbocycles. The largest absolute Gasteiger partial charge is 0.271 e. The third kappa shape index (κ3) is 1.24. The van der Waals surface area contributed by atoms with Gasteiger partial charge < -0.3 is 0 Å². The number of rotatable bonds is 2. The van der Waals surface area contributed by atoms with Gasteiger partial charge in [0, 0.05) is 6.54 Å². The summed E-state index contributed by atoms with van der Waals surface area (Å²) in [5.41, 5.74) is 3.91. The normalized spacial score (nSPS) is 28.7. The Morgan fingerprint density at radius 3 is 2.22 bits per heavy atom. The summed E-state index contributed by atoms with van der Waals surface area (Å²) < 4.78 is 0. The van der Waals surface area contributed by atoms with Gasteiger partial charge in [-0.15, -0.1) is 0 Å². The zero-order chi connectivity index (χ0) is 12.0. The molecule has 0 amide bonds. The van der Waals surface area contributed by atoms with Crippen LogP contribution in [0, 0.1) is 0 Å². The Kier molecular flexibility index (Phi) is 1.97. The molecule has 18 heavy (non-hydrogen) atoms. The molecule has 1 saturated heterocycles. The van der Waals surface area contributed by atoms with Crippen LogP contribution in [0.15, 0.2) is 65.7 Å². The minimum absolute atomic E-state index is 0.0581. The van der Waals surface area contributed by atoms with Crippen LogP contribution in [0.2, 0.25) is 0 Å². The molecule has 2 aromatic rings. The van der Waals surface area contributed by atoms with Gasteiger partial charge in [-0.1, -0.05) is 60.7 Å². The van der Waals surface area contributed by atoms with E-state index in [9.17, 15) is 0 Å². The van der Waals surface area contributed by atoms with E-state index < -0.39 is 0 Å². The Hall–Kier alpha value is -1.93. The second-order valence-electron chi connectivity index (χ2n) is 4.94. The third-order valence-corrected chi connectivity index (χ3v) is 3.95. The first-order chi connectivity index (χ1) is 8.91. The highest BCUT2D eigenvalue weighted by Crippen LogP contribution is 2.48. The van der Waals surface area contributed by atoms with E-state index in [1.807, 2.05) is 0 Å². The van der Waals surface area contributed by atoms with Crippen molar-refractivity contribution < 1.29 is 0 Å². The van der Waals surface area contributed by atoms with Crippen LogP contribution in [0.25, 0.3) is 0 Å². The van der Waals surface area contributed by atoms with Crippen LogP contribution < -0.4 is 0 Å². The lowest BCUT2D eigenvalue weighted by Gasteiger charge is -2.15. The number of benzene rings is 2. The van der Waals surface area contributed by atoms with Crippen molar-refractivity contribution >= 4 is 5.71 Å². The molecule has 0 aromatic heterocycles. The van der Waals surface area contributed by atoms with Gasteiger partial charge in [-0.05, 0) is 11.1 Å². The monoisotopic (exact) mass is 234 g/mol. The predicted octanol–water partition coefficient (Wildman–Crippen LogP) is 2.66. The highest BCUT2D eigenvalue weighted by Gasteiger charge is 2.60. The molecule has 2 aromatic carbocycles. The van der Waals surface area contributed by atoms with Crippen molar-refractivity contribution in [2.24, 2.45) is 4.99 Å². The van der Waals surface area contributed by atoms with Gasteiger partial charge in [0.1, 0.15) is 5.54 Å². The fourth-order valence-corrected chi connectivity index (χ4v) is 2.97. The fourth-order valence-electron chi connectivity index (χ4n) is 2.97. The van der Waals surface area contributed by atoms with Crippen LogP contribution in [0.1, 0.15) is 11.1 Å². The quantitative estimate of drug-likeness (QED) is 0.729. The van der Waals surface area contributed by atoms with Crippen LogP contribution in [0.5, 0.6) is 0 Å². The van der Waals surface area contributed by atoms with E-state index in [-0.39, 0.29) is 5.54 Å². The summed E-state index contributed by atoms with van der Waals surface area (Å²) in [7, 11) is 0. The van der Waals surface area contributed by atoms with Crippen molar-refractivity contribution in [3.8, 4) is 0 Å². The first-order valence-corrected chi connectivity index (χ1v) is 6.32. The maximum Gasteiger partial charge on any atom is 0.104 e. The van der Waals surface area contributed by atoms with Gasteiger partial charge in [-0.25, -0.2) is 0 Å². The van der Waals surface area contributed by atoms with Crippen LogP contribution in [0.4, 0.5) is 0 Å². The van der Waals surface area contributed by atoms with Crippen LogP contribution in [0.3, 0.4) is 0 Å². The number of aliphatic imine (C=N–C) groups is 1. The molecule has 2 aliphatic heterocycles. The molecule has 2 nitrogen and oxygen atoms in total. The standard InChI is InChI=1S/C16H14N2/c1-3-7-13(8-4-1)15-16(11-18(16)12-17-15)14-9-5-2-6-10-14/h1-10H,11-12H2/t16-,18?/m1/s1. The summed E-state index contributed by atoms with van der Waals surface area (Å²) in [6.45, 7) is 1.93. The molecule has 4 rings (SSSR count). The molecule has 88 valence electrons. The number of hydrogen-bond donors (Lipinski definition) is 0. The molecule has 2 heterocycles. The van der Waals surface area contributed by atoms with E-state index in [0.29, 0.717) is 0 Å². The van der Waals surface area contributed by atoms with Crippen molar-refractivity contribution in [3.05, 3.63) is 71.8 Å². The van der Waals surface area contributed by atoms with Crippen molar-refractivity contribution in [1.29, 1.82) is 0 Å². The predicted molar refractivity (Wildman–Crippen MR) is 72.7 cm³/mol. The lowest BCUT2D eigenvalue weighted by Crippen LogP contribution is -2.23. The molecule has 0 spiro atoms. The van der Waals surface area contributed by atoms with Crippen molar-refractivity contribution in [1.82, 2.24) is 4.90 Å². The van der Waals surface area contributed by atoms with Gasteiger partial charge in [-0.3, -0.25) is 9.89 Å². The van der Waals surface area contributed by atoms with E-state index >= 15 is 0 Å². The lowest BCUT2D eigenvalue weighted by atomic mass is 9.90. The second-order valence-corrected chi connectivity index (χ2v) is 4.94. The van der Waals surface area contributed by atoms with Gasteiger partial charge in [0.15, 0.2) is 0 Å². The topological polar surface area (TPSA) is 15.4 Å². The maximum atomic E-state index is 4.73. The highest BCUT2D eigenvalue weighted by molar-refractivity contribution is 6.11. The Balaban J connectivity index is 1.82. The summed E-state index contributed by atoms with van der Waals surface area (Å²) in [6.07, 6.45) is 0. The molecule has 0 aliphatic carbocycles. The minimum atomic E-state index is 0.0581. The maximum absolute atomic E-state index is 4.73. The Morgan fingerprint density at radius 2 is 1.56 bits per heavy atom. The average Bonchev–Trinajstić information content (AvgIpc) is 3.07. The van der Waals surface area contributed by atoms with E-state index in [1.54, 1.807) is 0 Å². The molecular weight excluding hydrogens is 220 g/mol. The third-order valence-electron chi connectivity index (χ3n) is 3.95. The van der Waals surface area contributed by atoms with Gasteiger partial charge in [0.2, 0.25) is 0 Å². The summed E-state index contributed by atoms with van der Waals surface area (Å²) in [5, 5.41) is 0. The van der Waals surface area contributed by atoms with Crippen LogP contribution >= 0.6 is 0 Å². The molecule has 0 radical (unpaired) electrons. The molecular formula is C16H14N2. The van der Waals surface area contributed by atoms with E-state index in [2.05, 4.69) is 65.6 Å². The van der Waals surface area contributed by atoms with Crippen molar-refractivity contribution in [2.75, 3.05) is 13.2 Å². The first kappa shape index (κ1) is 10.0. The Labute approximate surface area is 107 Å². The van der Waals surface area contributed by atoms with Gasteiger partial charge in [0.25, 0.3) is 0 Å². The summed E-state index contributed by atoms with van der Waals surface area (Å²) in [6, 6.07) is 21.3. The van der Waals surface area contributed by atoms with E-state index in [4.69, 9.17) is 4.99 Å². The lowest BCUT2D eigenvalue weighted by molar-refractivity contribution is 0.528. The molecule has 0 bridgehead atoms. The fraction of sp³-hybridized carbons (Fsp3) is 0.188. The summed E-state index contributed by atoms with van der Waals surface area (Å²) in [4.78, 5) is 7.15. The second kappa shape index (κ2) is 3.53. The van der Waals surface area contributed by atoms with E-state index in [0.717, 1.165) is 13.2 Å². The zero-order valence-corrected chi connectivity index (χ0v) is 10.1. The number of nitrogens with zero attached hydrogens (tertiary/aromatic N) is 2. The Morgan fingerprint density at radius 1 is 0.889 bits per heavy atom. The van der Waals surface area contributed by atoms with Crippen LogP contribution in [-0.2, 0) is 5.54 Å². The van der Waals surface area contributed by atoms with Crippen molar-refractivity contribution in [2.45, 2.75) is 5.54 Å². The van der Waals surface area contributed by atoms with Gasteiger partial charge in [0.05, 0.1) is 12.4 Å². The molecule has 2 heteroatoms. The first-order valence-electron chi connectivity index (χ1n) is 6.32.